The van der Waals surface area contributed by atoms with E-state index in [-0.39, 0.29) is 23.1 Å². The molecule has 1 aromatic carbocycles. The quantitative estimate of drug-likeness (QED) is 0.881. The Kier molecular flexibility index (Phi) is 3.79. The highest BCUT2D eigenvalue weighted by Crippen LogP contribution is 2.58. The molecule has 3 fully saturated rings. The lowest BCUT2D eigenvalue weighted by atomic mass is 9.91. The molecule has 1 aromatic rings. The number of benzene rings is 1. The molecule has 1 aliphatic carbocycles. The largest absolute Gasteiger partial charge is 0.344 e. The summed E-state index contributed by atoms with van der Waals surface area (Å²) in [4.78, 5) is 26.5. The molecule has 0 radical (unpaired) electrons. The van der Waals surface area contributed by atoms with E-state index < -0.39 is 11.9 Å². The minimum absolute atomic E-state index is 0.00867. The Morgan fingerprint density at radius 2 is 2.04 bits per heavy atom. The summed E-state index contributed by atoms with van der Waals surface area (Å²) in [6.07, 6.45) is 3.52. The topological polar surface area (TPSA) is 61.4 Å². The fourth-order valence-corrected chi connectivity index (χ4v) is 4.19. The summed E-state index contributed by atoms with van der Waals surface area (Å²) >= 11 is 0. The number of anilines is 1. The Morgan fingerprint density at radius 3 is 2.79 bits per heavy atom. The van der Waals surface area contributed by atoms with Crippen molar-refractivity contribution in [3.8, 4) is 0 Å². The number of nitrogens with one attached hydrogen (secondary N) is 2. The SMILES string of the molecule is O=C(NC1CCN(c2ccccc2F)C1=O)C1CC12CCNCC2. The number of halogens is 1. The van der Waals surface area contributed by atoms with E-state index in [1.165, 1.54) is 11.0 Å². The van der Waals surface area contributed by atoms with Gasteiger partial charge < -0.3 is 15.5 Å². The van der Waals surface area contributed by atoms with Gasteiger partial charge in [-0.05, 0) is 56.3 Å². The molecule has 5 nitrogen and oxygen atoms in total. The maximum Gasteiger partial charge on any atom is 0.249 e. The van der Waals surface area contributed by atoms with Gasteiger partial charge in [0.15, 0.2) is 0 Å². The molecule has 2 amide bonds. The van der Waals surface area contributed by atoms with Crippen LogP contribution in [0.25, 0.3) is 0 Å². The third-order valence-corrected chi connectivity index (χ3v) is 5.77. The molecule has 2 aliphatic heterocycles. The highest BCUT2D eigenvalue weighted by molar-refractivity contribution is 6.01. The van der Waals surface area contributed by atoms with Crippen molar-refractivity contribution >= 4 is 17.5 Å². The van der Waals surface area contributed by atoms with Crippen molar-refractivity contribution in [1.29, 1.82) is 0 Å². The third-order valence-electron chi connectivity index (χ3n) is 5.77. The van der Waals surface area contributed by atoms with Crippen LogP contribution in [0.15, 0.2) is 24.3 Å². The Labute approximate surface area is 140 Å². The molecule has 1 spiro atoms. The molecule has 4 rings (SSSR count). The first kappa shape index (κ1) is 15.6. The Hall–Kier alpha value is -1.95. The maximum atomic E-state index is 13.9. The average molecular weight is 331 g/mol. The van der Waals surface area contributed by atoms with Crippen LogP contribution >= 0.6 is 0 Å². The van der Waals surface area contributed by atoms with Crippen LogP contribution in [0.2, 0.25) is 0 Å². The number of hydrogen-bond donors (Lipinski definition) is 2. The maximum absolute atomic E-state index is 13.9. The molecule has 0 aromatic heterocycles. The Bertz CT molecular complexity index is 672. The smallest absolute Gasteiger partial charge is 0.249 e. The van der Waals surface area contributed by atoms with Crippen molar-refractivity contribution in [2.45, 2.75) is 31.7 Å². The number of nitrogens with zero attached hydrogens (tertiary/aromatic N) is 1. The number of carbonyl (C=O) groups excluding carboxylic acids is 2. The van der Waals surface area contributed by atoms with Gasteiger partial charge in [-0.15, -0.1) is 0 Å². The summed E-state index contributed by atoms with van der Waals surface area (Å²) in [5, 5.41) is 6.23. The van der Waals surface area contributed by atoms with E-state index in [0.29, 0.717) is 18.7 Å². The summed E-state index contributed by atoms with van der Waals surface area (Å²) < 4.78 is 13.9. The average Bonchev–Trinajstić information content (AvgIpc) is 3.16. The molecular formula is C18H22FN3O2. The molecule has 0 bridgehead atoms. The molecule has 2 unspecified atom stereocenters. The van der Waals surface area contributed by atoms with Crippen LogP contribution in [0.3, 0.4) is 0 Å². The van der Waals surface area contributed by atoms with Crippen LogP contribution < -0.4 is 15.5 Å². The zero-order chi connectivity index (χ0) is 16.7. The van der Waals surface area contributed by atoms with Gasteiger partial charge in [-0.2, -0.15) is 0 Å². The van der Waals surface area contributed by atoms with E-state index >= 15 is 0 Å². The predicted molar refractivity (Wildman–Crippen MR) is 87.9 cm³/mol. The van der Waals surface area contributed by atoms with Crippen LogP contribution in [0.1, 0.15) is 25.7 Å². The highest BCUT2D eigenvalue weighted by Gasteiger charge is 2.58. The van der Waals surface area contributed by atoms with E-state index in [0.717, 1.165) is 32.4 Å². The van der Waals surface area contributed by atoms with Gasteiger partial charge in [0.05, 0.1) is 5.69 Å². The van der Waals surface area contributed by atoms with E-state index in [9.17, 15) is 14.0 Å². The lowest BCUT2D eigenvalue weighted by Crippen LogP contribution is -2.43. The van der Waals surface area contributed by atoms with Gasteiger partial charge in [0.2, 0.25) is 11.8 Å². The lowest BCUT2D eigenvalue weighted by molar-refractivity contribution is -0.128. The highest BCUT2D eigenvalue weighted by atomic mass is 19.1. The molecule has 2 heterocycles. The van der Waals surface area contributed by atoms with Gasteiger partial charge >= 0.3 is 0 Å². The summed E-state index contributed by atoms with van der Waals surface area (Å²) in [7, 11) is 0. The summed E-state index contributed by atoms with van der Waals surface area (Å²) in [5.74, 6) is -0.595. The second-order valence-corrected chi connectivity index (χ2v) is 7.16. The van der Waals surface area contributed by atoms with E-state index in [2.05, 4.69) is 10.6 Å². The second-order valence-electron chi connectivity index (χ2n) is 7.16. The molecule has 1 saturated carbocycles. The molecule has 2 N–H and O–H groups in total. The number of amides is 2. The van der Waals surface area contributed by atoms with Crippen molar-refractivity contribution < 1.29 is 14.0 Å². The minimum atomic E-state index is -0.531. The molecular weight excluding hydrogens is 309 g/mol. The standard InChI is InChI=1S/C18H22FN3O2/c19-13-3-1-2-4-15(13)22-10-5-14(17(22)24)21-16(23)12-11-18(12)6-8-20-9-7-18/h1-4,12,14,20H,5-11H2,(H,21,23). The van der Waals surface area contributed by atoms with Gasteiger partial charge in [0.25, 0.3) is 0 Å². The monoisotopic (exact) mass is 331 g/mol. The van der Waals surface area contributed by atoms with Crippen LogP contribution in [0, 0.1) is 17.2 Å². The van der Waals surface area contributed by atoms with Gasteiger partial charge in [0.1, 0.15) is 11.9 Å². The van der Waals surface area contributed by atoms with Crippen LogP contribution in [-0.4, -0.2) is 37.5 Å². The van der Waals surface area contributed by atoms with Gasteiger partial charge in [-0.25, -0.2) is 4.39 Å². The van der Waals surface area contributed by atoms with Crippen molar-refractivity contribution in [2.75, 3.05) is 24.5 Å². The summed E-state index contributed by atoms with van der Waals surface area (Å²) in [6.45, 7) is 2.37. The number of piperidine rings is 1. The summed E-state index contributed by atoms with van der Waals surface area (Å²) in [6, 6.07) is 5.73. The van der Waals surface area contributed by atoms with Gasteiger partial charge in [-0.1, -0.05) is 12.1 Å². The normalized spacial score (nSPS) is 28.2. The van der Waals surface area contributed by atoms with Crippen molar-refractivity contribution in [1.82, 2.24) is 10.6 Å². The molecule has 2 saturated heterocycles. The Balaban J connectivity index is 1.39. The molecule has 6 heteroatoms. The van der Waals surface area contributed by atoms with Crippen molar-refractivity contribution in [3.05, 3.63) is 30.1 Å². The third kappa shape index (κ3) is 2.59. The minimum Gasteiger partial charge on any atom is -0.344 e. The molecule has 3 aliphatic rings. The molecule has 128 valence electrons. The van der Waals surface area contributed by atoms with Gasteiger partial charge in [0, 0.05) is 12.5 Å². The van der Waals surface area contributed by atoms with Crippen LogP contribution in [0.5, 0.6) is 0 Å². The lowest BCUT2D eigenvalue weighted by Gasteiger charge is -2.23. The van der Waals surface area contributed by atoms with Crippen molar-refractivity contribution in [3.63, 3.8) is 0 Å². The van der Waals surface area contributed by atoms with Crippen LogP contribution in [0.4, 0.5) is 10.1 Å². The number of para-hydroxylation sites is 1. The predicted octanol–water partition coefficient (Wildman–Crippen LogP) is 1.44. The van der Waals surface area contributed by atoms with E-state index in [1.807, 2.05) is 0 Å². The van der Waals surface area contributed by atoms with Gasteiger partial charge in [-0.3, -0.25) is 9.59 Å². The summed E-state index contributed by atoms with van der Waals surface area (Å²) in [5.41, 5.74) is 0.447. The second kappa shape index (κ2) is 5.84. The Morgan fingerprint density at radius 1 is 1.29 bits per heavy atom. The first-order valence-corrected chi connectivity index (χ1v) is 8.68. The van der Waals surface area contributed by atoms with Crippen molar-refractivity contribution in [2.24, 2.45) is 11.3 Å². The number of hydrogen-bond acceptors (Lipinski definition) is 3. The van der Waals surface area contributed by atoms with Crippen LogP contribution in [-0.2, 0) is 9.59 Å². The zero-order valence-electron chi connectivity index (χ0n) is 13.6. The number of carbonyl (C=O) groups is 2. The zero-order valence-corrected chi connectivity index (χ0v) is 13.6. The molecule has 2 atom stereocenters. The van der Waals surface area contributed by atoms with E-state index in [1.54, 1.807) is 18.2 Å². The fourth-order valence-electron chi connectivity index (χ4n) is 4.19. The first-order valence-electron chi connectivity index (χ1n) is 8.68. The number of rotatable bonds is 3. The fraction of sp³-hybridized carbons (Fsp3) is 0.556. The first-order chi connectivity index (χ1) is 11.6. The molecule has 24 heavy (non-hydrogen) atoms. The van der Waals surface area contributed by atoms with E-state index in [4.69, 9.17) is 0 Å².